The lowest BCUT2D eigenvalue weighted by Crippen LogP contribution is -2.22. The molecule has 120 valence electrons. The molecule has 0 fully saturated rings. The Morgan fingerprint density at radius 1 is 1.29 bits per heavy atom. The maximum absolute atomic E-state index is 11.9. The van der Waals surface area contributed by atoms with Crippen molar-refractivity contribution in [1.29, 1.82) is 0 Å². The van der Waals surface area contributed by atoms with E-state index in [1.54, 1.807) is 0 Å². The Hall–Kier alpha value is -0.790. The van der Waals surface area contributed by atoms with E-state index in [-0.39, 0.29) is 19.3 Å². The fourth-order valence-electron chi connectivity index (χ4n) is 1.69. The van der Waals surface area contributed by atoms with Crippen molar-refractivity contribution in [3.63, 3.8) is 0 Å². The molecule has 1 rings (SSSR count). The molecular weight excluding hydrogens is 351 g/mol. The molecule has 0 radical (unpaired) electrons. The first-order valence-corrected chi connectivity index (χ1v) is 7.43. The van der Waals surface area contributed by atoms with Gasteiger partial charge >= 0.3 is 6.18 Å². The van der Waals surface area contributed by atoms with Crippen molar-refractivity contribution in [2.75, 3.05) is 19.8 Å². The van der Waals surface area contributed by atoms with Gasteiger partial charge in [-0.2, -0.15) is 13.2 Å². The Morgan fingerprint density at radius 3 is 2.62 bits per heavy atom. The van der Waals surface area contributed by atoms with Crippen molar-refractivity contribution in [2.24, 2.45) is 5.73 Å². The van der Waals surface area contributed by atoms with E-state index in [0.717, 1.165) is 16.5 Å². The van der Waals surface area contributed by atoms with Crippen LogP contribution in [0, 0.1) is 0 Å². The highest BCUT2D eigenvalue weighted by molar-refractivity contribution is 9.10. The van der Waals surface area contributed by atoms with Gasteiger partial charge in [0.2, 0.25) is 0 Å². The maximum atomic E-state index is 11.9. The average molecular weight is 370 g/mol. The van der Waals surface area contributed by atoms with Gasteiger partial charge in [-0.1, -0.05) is 19.1 Å². The summed E-state index contributed by atoms with van der Waals surface area (Å²) in [6, 6.07) is 5.59. The van der Waals surface area contributed by atoms with Gasteiger partial charge in [-0.15, -0.1) is 0 Å². The van der Waals surface area contributed by atoms with Crippen LogP contribution < -0.4 is 10.5 Å². The van der Waals surface area contributed by atoms with Crippen molar-refractivity contribution in [3.05, 3.63) is 28.2 Å². The number of benzene rings is 1. The highest BCUT2D eigenvalue weighted by Crippen LogP contribution is 2.30. The van der Waals surface area contributed by atoms with E-state index in [0.29, 0.717) is 12.2 Å². The van der Waals surface area contributed by atoms with Crippen LogP contribution in [0.5, 0.6) is 5.75 Å². The molecule has 3 nitrogen and oxygen atoms in total. The van der Waals surface area contributed by atoms with E-state index in [4.69, 9.17) is 10.5 Å². The molecule has 2 N–H and O–H groups in total. The van der Waals surface area contributed by atoms with Crippen LogP contribution in [0.4, 0.5) is 13.2 Å². The lowest BCUT2D eigenvalue weighted by atomic mass is 10.0. The number of ether oxygens (including phenoxy) is 2. The monoisotopic (exact) mass is 369 g/mol. The van der Waals surface area contributed by atoms with Crippen molar-refractivity contribution < 1.29 is 22.6 Å². The summed E-state index contributed by atoms with van der Waals surface area (Å²) < 4.78 is 46.6. The van der Waals surface area contributed by atoms with Gasteiger partial charge in [0.1, 0.15) is 19.0 Å². The molecule has 0 bridgehead atoms. The first-order valence-electron chi connectivity index (χ1n) is 6.63. The fourth-order valence-corrected chi connectivity index (χ4v) is 2.21. The van der Waals surface area contributed by atoms with Crippen LogP contribution >= 0.6 is 15.9 Å². The van der Waals surface area contributed by atoms with E-state index < -0.39 is 12.8 Å². The molecule has 21 heavy (non-hydrogen) atoms. The Labute approximate surface area is 130 Å². The van der Waals surface area contributed by atoms with Crippen LogP contribution in [0.2, 0.25) is 0 Å². The molecule has 1 aromatic carbocycles. The molecule has 0 saturated heterocycles. The van der Waals surface area contributed by atoms with E-state index >= 15 is 0 Å². The van der Waals surface area contributed by atoms with Gasteiger partial charge < -0.3 is 15.2 Å². The molecule has 0 amide bonds. The third-order valence-electron chi connectivity index (χ3n) is 2.79. The average Bonchev–Trinajstić information content (AvgIpc) is 2.39. The molecule has 0 heterocycles. The van der Waals surface area contributed by atoms with Crippen LogP contribution in [-0.2, 0) is 11.2 Å². The van der Waals surface area contributed by atoms with Gasteiger partial charge in [0, 0.05) is 6.04 Å². The van der Waals surface area contributed by atoms with E-state index in [1.165, 1.54) is 0 Å². The lowest BCUT2D eigenvalue weighted by Gasteiger charge is -2.16. The molecule has 1 aromatic rings. The Bertz CT molecular complexity index is 441. The third-order valence-corrected chi connectivity index (χ3v) is 3.42. The number of hydrogen-bond donors (Lipinski definition) is 1. The van der Waals surface area contributed by atoms with Crippen molar-refractivity contribution in [2.45, 2.75) is 32.0 Å². The quantitative estimate of drug-likeness (QED) is 0.710. The SMILES string of the molecule is CCC(N)Cc1cccc(Br)c1OCCOCC(F)(F)F. The van der Waals surface area contributed by atoms with Gasteiger partial charge in [-0.25, -0.2) is 0 Å². The molecule has 0 saturated carbocycles. The zero-order chi connectivity index (χ0) is 15.9. The summed E-state index contributed by atoms with van der Waals surface area (Å²) in [7, 11) is 0. The van der Waals surface area contributed by atoms with E-state index in [9.17, 15) is 13.2 Å². The predicted molar refractivity (Wildman–Crippen MR) is 78.5 cm³/mol. The molecule has 1 unspecified atom stereocenters. The number of hydrogen-bond acceptors (Lipinski definition) is 3. The largest absolute Gasteiger partial charge is 0.490 e. The van der Waals surface area contributed by atoms with Gasteiger partial charge in [-0.3, -0.25) is 0 Å². The van der Waals surface area contributed by atoms with Crippen LogP contribution in [-0.4, -0.2) is 32.0 Å². The Morgan fingerprint density at radius 2 is 2.00 bits per heavy atom. The van der Waals surface area contributed by atoms with Crippen LogP contribution in [0.1, 0.15) is 18.9 Å². The molecule has 7 heteroatoms. The minimum atomic E-state index is -4.31. The summed E-state index contributed by atoms with van der Waals surface area (Å²) in [4.78, 5) is 0. The molecule has 1 atom stereocenters. The summed E-state index contributed by atoms with van der Waals surface area (Å²) in [5, 5.41) is 0. The Balaban J connectivity index is 2.53. The highest BCUT2D eigenvalue weighted by Gasteiger charge is 2.27. The highest BCUT2D eigenvalue weighted by atomic mass is 79.9. The fraction of sp³-hybridized carbons (Fsp3) is 0.571. The second-order valence-corrected chi connectivity index (χ2v) is 5.47. The smallest absolute Gasteiger partial charge is 0.411 e. The number of nitrogens with two attached hydrogens (primary N) is 1. The van der Waals surface area contributed by atoms with Gasteiger partial charge in [0.25, 0.3) is 0 Å². The second-order valence-electron chi connectivity index (χ2n) is 4.62. The minimum Gasteiger partial charge on any atom is -0.490 e. The summed E-state index contributed by atoms with van der Waals surface area (Å²) in [5.41, 5.74) is 6.85. The predicted octanol–water partition coefficient (Wildman–Crippen LogP) is 3.69. The summed E-state index contributed by atoms with van der Waals surface area (Å²) in [6.07, 6.45) is -2.83. The molecule has 0 aromatic heterocycles. The minimum absolute atomic E-state index is 0.0168. The van der Waals surface area contributed by atoms with Crippen molar-refractivity contribution >= 4 is 15.9 Å². The van der Waals surface area contributed by atoms with Gasteiger partial charge in [0.15, 0.2) is 0 Å². The Kier molecular flexibility index (Phi) is 7.48. The van der Waals surface area contributed by atoms with Gasteiger partial charge in [0.05, 0.1) is 11.1 Å². The summed E-state index contributed by atoms with van der Waals surface area (Å²) in [6.45, 7) is 0.654. The summed E-state index contributed by atoms with van der Waals surface area (Å²) >= 11 is 3.37. The van der Waals surface area contributed by atoms with Crippen molar-refractivity contribution in [3.8, 4) is 5.75 Å². The topological polar surface area (TPSA) is 44.5 Å². The molecule has 0 aliphatic heterocycles. The normalized spacial score (nSPS) is 13.2. The molecule has 0 aliphatic carbocycles. The molecule has 0 aliphatic rings. The van der Waals surface area contributed by atoms with Crippen LogP contribution in [0.25, 0.3) is 0 Å². The zero-order valence-corrected chi connectivity index (χ0v) is 13.3. The lowest BCUT2D eigenvalue weighted by molar-refractivity contribution is -0.175. The first-order chi connectivity index (χ1) is 9.83. The number of alkyl halides is 3. The zero-order valence-electron chi connectivity index (χ0n) is 11.8. The number of rotatable bonds is 8. The summed E-state index contributed by atoms with van der Waals surface area (Å²) in [5.74, 6) is 0.608. The first kappa shape index (κ1) is 18.3. The van der Waals surface area contributed by atoms with Crippen LogP contribution in [0.3, 0.4) is 0 Å². The van der Waals surface area contributed by atoms with Crippen LogP contribution in [0.15, 0.2) is 22.7 Å². The van der Waals surface area contributed by atoms with Gasteiger partial charge in [-0.05, 0) is 40.4 Å². The van der Waals surface area contributed by atoms with Crippen molar-refractivity contribution in [1.82, 2.24) is 0 Å². The number of para-hydroxylation sites is 1. The second kappa shape index (κ2) is 8.60. The third kappa shape index (κ3) is 7.15. The maximum Gasteiger partial charge on any atom is 0.411 e. The standard InChI is InChI=1S/C14H19BrF3NO2/c1-2-11(19)8-10-4-3-5-12(15)13(10)21-7-6-20-9-14(16,17)18/h3-5,11H,2,6-9,19H2,1H3. The molecular formula is C14H19BrF3NO2. The van der Waals surface area contributed by atoms with E-state index in [2.05, 4.69) is 20.7 Å². The number of halogens is 4. The van der Waals surface area contributed by atoms with E-state index in [1.807, 2.05) is 25.1 Å². The molecule has 0 spiro atoms.